The number of phenols is 1. The maximum Gasteiger partial charge on any atom is 0.339 e. The summed E-state index contributed by atoms with van der Waals surface area (Å²) in [5, 5.41) is 29.0. The summed E-state index contributed by atoms with van der Waals surface area (Å²) in [4.78, 5) is 23.1. The summed E-state index contributed by atoms with van der Waals surface area (Å²) in [6, 6.07) is 2.41. The van der Waals surface area contributed by atoms with Gasteiger partial charge < -0.3 is 20.1 Å². The first-order chi connectivity index (χ1) is 9.92. The Morgan fingerprint density at radius 1 is 1.14 bits per heavy atom. The molecule has 0 aromatic heterocycles. The molecule has 0 heterocycles. The minimum absolute atomic E-state index is 0.0140. The standard InChI is InChI=1S/C15H18O6/c1-21-12-8-11(16)10(7-9(12)13(17)18)15(14(19)20)5-3-2-4-6-15/h7-8,16H,2-6H2,1H3,(H,17,18)(H,19,20). The van der Waals surface area contributed by atoms with Crippen molar-refractivity contribution < 1.29 is 29.6 Å². The second kappa shape index (κ2) is 5.63. The number of aromatic hydroxyl groups is 1. The van der Waals surface area contributed by atoms with E-state index in [-0.39, 0.29) is 22.6 Å². The molecule has 0 aliphatic heterocycles. The number of ether oxygens (including phenoxy) is 1. The number of aromatic carboxylic acids is 1. The number of benzene rings is 1. The lowest BCUT2D eigenvalue weighted by atomic mass is 9.69. The van der Waals surface area contributed by atoms with Gasteiger partial charge in [-0.05, 0) is 18.9 Å². The molecule has 114 valence electrons. The minimum Gasteiger partial charge on any atom is -0.507 e. The highest BCUT2D eigenvalue weighted by molar-refractivity contribution is 5.93. The van der Waals surface area contributed by atoms with Gasteiger partial charge in [-0.1, -0.05) is 19.3 Å². The summed E-state index contributed by atoms with van der Waals surface area (Å²) in [7, 11) is 1.30. The Bertz CT molecular complexity index is 572. The highest BCUT2D eigenvalue weighted by Gasteiger charge is 2.43. The first kappa shape index (κ1) is 15.2. The van der Waals surface area contributed by atoms with Crippen molar-refractivity contribution >= 4 is 11.9 Å². The Hall–Kier alpha value is -2.24. The second-order valence-electron chi connectivity index (χ2n) is 5.32. The molecule has 1 fully saturated rings. The lowest BCUT2D eigenvalue weighted by Gasteiger charge is -2.34. The number of carboxylic acids is 2. The predicted molar refractivity (Wildman–Crippen MR) is 74.0 cm³/mol. The normalized spacial score (nSPS) is 17.2. The molecule has 2 rings (SSSR count). The third kappa shape index (κ3) is 2.53. The number of hydrogen-bond acceptors (Lipinski definition) is 4. The second-order valence-corrected chi connectivity index (χ2v) is 5.32. The molecule has 1 aromatic rings. The summed E-state index contributed by atoms with van der Waals surface area (Å²) in [5.74, 6) is -2.47. The first-order valence-electron chi connectivity index (χ1n) is 6.80. The van der Waals surface area contributed by atoms with Crippen LogP contribution >= 0.6 is 0 Å². The molecule has 0 bridgehead atoms. The highest BCUT2D eigenvalue weighted by Crippen LogP contribution is 2.45. The number of carboxylic acid groups (broad SMARTS) is 2. The molecule has 6 nitrogen and oxygen atoms in total. The van der Waals surface area contributed by atoms with Crippen molar-refractivity contribution in [3.8, 4) is 11.5 Å². The molecule has 1 aliphatic rings. The SMILES string of the molecule is COc1cc(O)c(C2(C(=O)O)CCCCC2)cc1C(=O)O. The van der Waals surface area contributed by atoms with E-state index >= 15 is 0 Å². The smallest absolute Gasteiger partial charge is 0.339 e. The third-order valence-corrected chi connectivity index (χ3v) is 4.18. The fourth-order valence-corrected chi connectivity index (χ4v) is 3.04. The Morgan fingerprint density at radius 2 is 1.76 bits per heavy atom. The van der Waals surface area contributed by atoms with Gasteiger partial charge in [0.1, 0.15) is 17.1 Å². The monoisotopic (exact) mass is 294 g/mol. The van der Waals surface area contributed by atoms with Crippen LogP contribution < -0.4 is 4.74 Å². The van der Waals surface area contributed by atoms with Crippen molar-refractivity contribution in [2.75, 3.05) is 7.11 Å². The number of rotatable bonds is 4. The van der Waals surface area contributed by atoms with Crippen molar-refractivity contribution in [1.82, 2.24) is 0 Å². The van der Waals surface area contributed by atoms with E-state index in [4.69, 9.17) is 4.74 Å². The van der Waals surface area contributed by atoms with Crippen LogP contribution in [0.2, 0.25) is 0 Å². The quantitative estimate of drug-likeness (QED) is 0.787. The van der Waals surface area contributed by atoms with Crippen LogP contribution in [0.15, 0.2) is 12.1 Å². The van der Waals surface area contributed by atoms with Crippen LogP contribution in [0.3, 0.4) is 0 Å². The van der Waals surface area contributed by atoms with Crippen LogP contribution in [0.4, 0.5) is 0 Å². The molecule has 0 radical (unpaired) electrons. The van der Waals surface area contributed by atoms with Crippen LogP contribution in [-0.4, -0.2) is 34.4 Å². The maximum atomic E-state index is 11.8. The molecule has 0 unspecified atom stereocenters. The highest BCUT2D eigenvalue weighted by atomic mass is 16.5. The van der Waals surface area contributed by atoms with Crippen molar-refractivity contribution in [2.45, 2.75) is 37.5 Å². The third-order valence-electron chi connectivity index (χ3n) is 4.18. The van der Waals surface area contributed by atoms with Gasteiger partial charge in [-0.25, -0.2) is 4.79 Å². The molecular formula is C15H18O6. The van der Waals surface area contributed by atoms with Gasteiger partial charge >= 0.3 is 11.9 Å². The minimum atomic E-state index is -1.22. The topological polar surface area (TPSA) is 104 Å². The van der Waals surface area contributed by atoms with Crippen molar-refractivity contribution in [3.05, 3.63) is 23.3 Å². The summed E-state index contributed by atoms with van der Waals surface area (Å²) >= 11 is 0. The van der Waals surface area contributed by atoms with Gasteiger partial charge in [-0.2, -0.15) is 0 Å². The molecule has 0 spiro atoms. The fraction of sp³-hybridized carbons (Fsp3) is 0.467. The molecule has 0 saturated heterocycles. The number of methoxy groups -OCH3 is 1. The van der Waals surface area contributed by atoms with Gasteiger partial charge in [-0.3, -0.25) is 4.79 Å². The van der Waals surface area contributed by atoms with Crippen molar-refractivity contribution in [2.24, 2.45) is 0 Å². The lowest BCUT2D eigenvalue weighted by molar-refractivity contribution is -0.145. The molecule has 1 aromatic carbocycles. The zero-order valence-corrected chi connectivity index (χ0v) is 11.8. The van der Waals surface area contributed by atoms with Gasteiger partial charge in [0.15, 0.2) is 0 Å². The van der Waals surface area contributed by atoms with E-state index in [1.54, 1.807) is 0 Å². The molecule has 1 aliphatic carbocycles. The van der Waals surface area contributed by atoms with Crippen LogP contribution in [0.1, 0.15) is 48.0 Å². The van der Waals surface area contributed by atoms with Gasteiger partial charge in [0, 0.05) is 11.6 Å². The summed E-state index contributed by atoms with van der Waals surface area (Å²) in [5.41, 5.74) is -1.21. The Balaban J connectivity index is 2.63. The van der Waals surface area contributed by atoms with E-state index in [2.05, 4.69) is 0 Å². The fourth-order valence-electron chi connectivity index (χ4n) is 3.04. The Morgan fingerprint density at radius 3 is 2.24 bits per heavy atom. The molecule has 21 heavy (non-hydrogen) atoms. The largest absolute Gasteiger partial charge is 0.507 e. The van der Waals surface area contributed by atoms with E-state index in [0.29, 0.717) is 12.8 Å². The van der Waals surface area contributed by atoms with Gasteiger partial charge in [0.2, 0.25) is 0 Å². The number of carbonyl (C=O) groups is 2. The van der Waals surface area contributed by atoms with E-state index in [9.17, 15) is 24.9 Å². The maximum absolute atomic E-state index is 11.8. The van der Waals surface area contributed by atoms with Gasteiger partial charge in [0.05, 0.1) is 12.5 Å². The molecule has 3 N–H and O–H groups in total. The first-order valence-corrected chi connectivity index (χ1v) is 6.80. The average molecular weight is 294 g/mol. The molecule has 0 atom stereocenters. The zero-order chi connectivity index (χ0) is 15.6. The number of aliphatic carboxylic acids is 1. The van der Waals surface area contributed by atoms with Gasteiger partial charge in [-0.15, -0.1) is 0 Å². The molecule has 1 saturated carbocycles. The van der Waals surface area contributed by atoms with E-state index in [1.165, 1.54) is 19.2 Å². The number of phenolic OH excluding ortho intramolecular Hbond substituents is 1. The van der Waals surface area contributed by atoms with E-state index in [1.807, 2.05) is 0 Å². The van der Waals surface area contributed by atoms with Crippen molar-refractivity contribution in [3.63, 3.8) is 0 Å². The lowest BCUT2D eigenvalue weighted by Crippen LogP contribution is -2.38. The van der Waals surface area contributed by atoms with Crippen molar-refractivity contribution in [1.29, 1.82) is 0 Å². The number of hydrogen-bond donors (Lipinski definition) is 3. The van der Waals surface area contributed by atoms with Crippen LogP contribution in [-0.2, 0) is 10.2 Å². The molecule has 6 heteroatoms. The van der Waals surface area contributed by atoms with E-state index in [0.717, 1.165) is 19.3 Å². The van der Waals surface area contributed by atoms with Crippen LogP contribution in [0.25, 0.3) is 0 Å². The van der Waals surface area contributed by atoms with E-state index < -0.39 is 17.4 Å². The average Bonchev–Trinajstić information content (AvgIpc) is 2.47. The summed E-state index contributed by atoms with van der Waals surface area (Å²) in [6.07, 6.45) is 3.20. The zero-order valence-electron chi connectivity index (χ0n) is 11.8. The van der Waals surface area contributed by atoms with Crippen LogP contribution in [0.5, 0.6) is 11.5 Å². The Labute approximate surface area is 122 Å². The Kier molecular flexibility index (Phi) is 4.06. The molecule has 0 amide bonds. The molecular weight excluding hydrogens is 276 g/mol. The van der Waals surface area contributed by atoms with Gasteiger partial charge in [0.25, 0.3) is 0 Å². The predicted octanol–water partition coefficient (Wildman–Crippen LogP) is 2.39. The summed E-state index contributed by atoms with van der Waals surface area (Å²) < 4.78 is 4.93. The van der Waals surface area contributed by atoms with Crippen LogP contribution in [0, 0.1) is 0 Å². The summed E-state index contributed by atoms with van der Waals surface area (Å²) in [6.45, 7) is 0.